The van der Waals surface area contributed by atoms with Gasteiger partial charge in [-0.05, 0) is 50.3 Å². The van der Waals surface area contributed by atoms with Crippen molar-refractivity contribution in [3.63, 3.8) is 0 Å². The first-order valence-electron chi connectivity index (χ1n) is 6.99. The number of rotatable bonds is 3. The summed E-state index contributed by atoms with van der Waals surface area (Å²) in [5.74, 6) is 0.900. The normalized spacial score (nSPS) is 19.6. The van der Waals surface area contributed by atoms with Crippen molar-refractivity contribution in [2.24, 2.45) is 0 Å². The fraction of sp³-hybridized carbons (Fsp3) is 0.467. The van der Waals surface area contributed by atoms with Crippen LogP contribution in [-0.2, 0) is 0 Å². The van der Waals surface area contributed by atoms with E-state index < -0.39 is 5.97 Å². The molecule has 4 rings (SSSR count). The maximum Gasteiger partial charge on any atom is 0.335 e. The molecule has 1 heterocycles. The Morgan fingerprint density at radius 3 is 2.63 bits per heavy atom. The molecule has 2 aromatic rings. The van der Waals surface area contributed by atoms with E-state index in [1.165, 1.54) is 37.9 Å². The summed E-state index contributed by atoms with van der Waals surface area (Å²) in [5.41, 5.74) is 2.28. The van der Waals surface area contributed by atoms with Crippen molar-refractivity contribution in [3.05, 3.63) is 29.6 Å². The second-order valence-electron chi connectivity index (χ2n) is 5.71. The lowest BCUT2D eigenvalue weighted by molar-refractivity contribution is 0.0697. The summed E-state index contributed by atoms with van der Waals surface area (Å²) in [6, 6.07) is 5.91. The zero-order valence-corrected chi connectivity index (χ0v) is 10.7. The average molecular weight is 256 g/mol. The van der Waals surface area contributed by atoms with Crippen molar-refractivity contribution in [1.82, 2.24) is 9.55 Å². The third kappa shape index (κ3) is 1.66. The standard InChI is InChI=1S/C15H16N2O2/c18-15(19)10-6-7-13-12(8-10)16-14(9-4-5-9)17(13)11-2-1-3-11/h6-9,11H,1-5H2,(H,18,19). The smallest absolute Gasteiger partial charge is 0.335 e. The number of benzene rings is 1. The minimum Gasteiger partial charge on any atom is -0.478 e. The van der Waals surface area contributed by atoms with Gasteiger partial charge >= 0.3 is 5.97 Å². The molecule has 1 N–H and O–H groups in total. The van der Waals surface area contributed by atoms with Gasteiger partial charge in [-0.25, -0.2) is 9.78 Å². The highest BCUT2D eigenvalue weighted by molar-refractivity contribution is 5.92. The van der Waals surface area contributed by atoms with Gasteiger partial charge in [0.25, 0.3) is 0 Å². The number of hydrogen-bond donors (Lipinski definition) is 1. The van der Waals surface area contributed by atoms with Gasteiger partial charge in [-0.3, -0.25) is 0 Å². The molecule has 1 aromatic heterocycles. The van der Waals surface area contributed by atoms with Gasteiger partial charge in [0.15, 0.2) is 0 Å². The van der Waals surface area contributed by atoms with Crippen LogP contribution in [0.5, 0.6) is 0 Å². The molecule has 2 aliphatic carbocycles. The van der Waals surface area contributed by atoms with Gasteiger partial charge in [0, 0.05) is 12.0 Å². The van der Waals surface area contributed by atoms with Crippen molar-refractivity contribution in [2.75, 3.05) is 0 Å². The summed E-state index contributed by atoms with van der Waals surface area (Å²) in [7, 11) is 0. The molecule has 2 fully saturated rings. The summed E-state index contributed by atoms with van der Waals surface area (Å²) < 4.78 is 2.38. The number of carboxylic acids is 1. The Bertz CT molecular complexity index is 666. The molecule has 19 heavy (non-hydrogen) atoms. The number of nitrogens with zero attached hydrogens (tertiary/aromatic N) is 2. The number of carboxylic acid groups (broad SMARTS) is 1. The number of hydrogen-bond acceptors (Lipinski definition) is 2. The third-order valence-corrected chi connectivity index (χ3v) is 4.35. The largest absolute Gasteiger partial charge is 0.478 e. The van der Waals surface area contributed by atoms with Gasteiger partial charge in [0.1, 0.15) is 5.82 Å². The minimum absolute atomic E-state index is 0.327. The van der Waals surface area contributed by atoms with E-state index in [1.807, 2.05) is 6.07 Å². The fourth-order valence-corrected chi connectivity index (χ4v) is 2.91. The Morgan fingerprint density at radius 1 is 1.26 bits per heavy atom. The highest BCUT2D eigenvalue weighted by atomic mass is 16.4. The lowest BCUT2D eigenvalue weighted by atomic mass is 9.92. The summed E-state index contributed by atoms with van der Waals surface area (Å²) in [6.07, 6.45) is 6.20. The van der Waals surface area contributed by atoms with Crippen molar-refractivity contribution < 1.29 is 9.90 Å². The van der Waals surface area contributed by atoms with Crippen LogP contribution in [-0.4, -0.2) is 20.6 Å². The molecular weight excluding hydrogens is 240 g/mol. The van der Waals surface area contributed by atoms with E-state index in [2.05, 4.69) is 4.57 Å². The first-order valence-corrected chi connectivity index (χ1v) is 6.99. The van der Waals surface area contributed by atoms with Gasteiger partial charge < -0.3 is 9.67 Å². The van der Waals surface area contributed by atoms with Gasteiger partial charge in [0.2, 0.25) is 0 Å². The Kier molecular flexibility index (Phi) is 2.22. The molecule has 0 radical (unpaired) electrons. The van der Waals surface area contributed by atoms with E-state index in [0.717, 1.165) is 11.0 Å². The Hall–Kier alpha value is -1.84. The Balaban J connectivity index is 1.90. The molecule has 0 spiro atoms. The number of fused-ring (bicyclic) bond motifs is 1. The Morgan fingerprint density at radius 2 is 2.05 bits per heavy atom. The monoisotopic (exact) mass is 256 g/mol. The molecule has 4 nitrogen and oxygen atoms in total. The van der Waals surface area contributed by atoms with Crippen molar-refractivity contribution >= 4 is 17.0 Å². The second kappa shape index (κ2) is 3.83. The predicted molar refractivity (Wildman–Crippen MR) is 71.6 cm³/mol. The van der Waals surface area contributed by atoms with Crippen LogP contribution in [0.2, 0.25) is 0 Å². The first-order chi connectivity index (χ1) is 9.24. The van der Waals surface area contributed by atoms with Crippen molar-refractivity contribution in [2.45, 2.75) is 44.1 Å². The molecule has 0 bridgehead atoms. The predicted octanol–water partition coefficient (Wildman–Crippen LogP) is 3.34. The second-order valence-corrected chi connectivity index (χ2v) is 5.71. The molecule has 0 saturated heterocycles. The maximum atomic E-state index is 11.0. The van der Waals surface area contributed by atoms with Crippen LogP contribution < -0.4 is 0 Å². The lowest BCUT2D eigenvalue weighted by Gasteiger charge is -2.29. The van der Waals surface area contributed by atoms with Crippen LogP contribution in [0.1, 0.15) is 60.2 Å². The lowest BCUT2D eigenvalue weighted by Crippen LogP contribution is -2.18. The zero-order valence-electron chi connectivity index (χ0n) is 10.7. The number of aromatic carboxylic acids is 1. The van der Waals surface area contributed by atoms with Crippen LogP contribution in [0.3, 0.4) is 0 Å². The summed E-state index contributed by atoms with van der Waals surface area (Å²) in [5, 5.41) is 9.07. The van der Waals surface area contributed by atoms with Gasteiger partial charge in [0.05, 0.1) is 16.6 Å². The first kappa shape index (κ1) is 11.0. The van der Waals surface area contributed by atoms with Crippen LogP contribution in [0.15, 0.2) is 18.2 Å². The topological polar surface area (TPSA) is 55.1 Å². The highest BCUT2D eigenvalue weighted by Gasteiger charge is 2.33. The van der Waals surface area contributed by atoms with E-state index in [0.29, 0.717) is 17.5 Å². The SMILES string of the molecule is O=C(O)c1ccc2c(c1)nc(C1CC1)n2C1CCC1. The van der Waals surface area contributed by atoms with Crippen LogP contribution in [0, 0.1) is 0 Å². The molecule has 4 heteroatoms. The van der Waals surface area contributed by atoms with E-state index in [4.69, 9.17) is 10.1 Å². The zero-order chi connectivity index (χ0) is 13.0. The highest BCUT2D eigenvalue weighted by Crippen LogP contribution is 2.44. The molecule has 2 saturated carbocycles. The summed E-state index contributed by atoms with van der Waals surface area (Å²) in [6.45, 7) is 0. The van der Waals surface area contributed by atoms with Crippen LogP contribution in [0.4, 0.5) is 0 Å². The van der Waals surface area contributed by atoms with Crippen LogP contribution >= 0.6 is 0 Å². The molecular formula is C15H16N2O2. The van der Waals surface area contributed by atoms with E-state index >= 15 is 0 Å². The molecule has 2 aliphatic rings. The van der Waals surface area contributed by atoms with Crippen molar-refractivity contribution in [1.29, 1.82) is 0 Å². The van der Waals surface area contributed by atoms with Gasteiger partial charge in [-0.2, -0.15) is 0 Å². The van der Waals surface area contributed by atoms with Crippen LogP contribution in [0.25, 0.3) is 11.0 Å². The Labute approximate surface area is 111 Å². The molecule has 0 amide bonds. The summed E-state index contributed by atoms with van der Waals surface area (Å²) >= 11 is 0. The molecule has 0 atom stereocenters. The van der Waals surface area contributed by atoms with Gasteiger partial charge in [-0.15, -0.1) is 0 Å². The maximum absolute atomic E-state index is 11.0. The minimum atomic E-state index is -0.881. The van der Waals surface area contributed by atoms with E-state index in [9.17, 15) is 4.79 Å². The number of aromatic nitrogens is 2. The van der Waals surface area contributed by atoms with Gasteiger partial charge in [-0.1, -0.05) is 0 Å². The molecule has 0 aliphatic heterocycles. The summed E-state index contributed by atoms with van der Waals surface area (Å²) in [4.78, 5) is 15.8. The third-order valence-electron chi connectivity index (χ3n) is 4.35. The molecule has 0 unspecified atom stereocenters. The number of carbonyl (C=O) groups is 1. The average Bonchev–Trinajstić information content (AvgIpc) is 3.10. The van der Waals surface area contributed by atoms with E-state index in [-0.39, 0.29) is 0 Å². The van der Waals surface area contributed by atoms with Crippen molar-refractivity contribution in [3.8, 4) is 0 Å². The quantitative estimate of drug-likeness (QED) is 0.916. The number of imidazole rings is 1. The fourth-order valence-electron chi connectivity index (χ4n) is 2.91. The molecule has 1 aromatic carbocycles. The molecule has 98 valence electrons. The van der Waals surface area contributed by atoms with E-state index in [1.54, 1.807) is 12.1 Å².